The Kier molecular flexibility index (Phi) is 5.79. The van der Waals surface area contributed by atoms with Gasteiger partial charge in [0.1, 0.15) is 5.75 Å². The molecule has 4 heteroatoms. The summed E-state index contributed by atoms with van der Waals surface area (Å²) in [5.74, 6) is 0.316. The minimum Gasteiger partial charge on any atom is -0.436 e. The van der Waals surface area contributed by atoms with Crippen molar-refractivity contribution in [3.63, 3.8) is 0 Å². The molecule has 1 fully saturated rings. The Bertz CT molecular complexity index is 719. The first kappa shape index (κ1) is 17.6. The lowest BCUT2D eigenvalue weighted by Crippen LogP contribution is -2.01. The predicted molar refractivity (Wildman–Crippen MR) is 95.8 cm³/mol. The van der Waals surface area contributed by atoms with Gasteiger partial charge in [0.05, 0.1) is 0 Å². The summed E-state index contributed by atoms with van der Waals surface area (Å²) < 4.78 is 19.7. The van der Waals surface area contributed by atoms with Crippen LogP contribution in [0, 0.1) is 5.82 Å². The molecule has 0 aliphatic heterocycles. The summed E-state index contributed by atoms with van der Waals surface area (Å²) in [4.78, 5) is 15.5. The molecule has 0 unspecified atom stereocenters. The van der Waals surface area contributed by atoms with E-state index in [1.165, 1.54) is 56.4 Å². The van der Waals surface area contributed by atoms with Crippen molar-refractivity contribution in [2.75, 3.05) is 0 Å². The number of rotatable bonds is 5. The van der Waals surface area contributed by atoms with Gasteiger partial charge in [-0.2, -0.15) is 0 Å². The second kappa shape index (κ2) is 8.24. The fraction of sp³-hybridized carbons (Fsp3) is 0.429. The summed E-state index contributed by atoms with van der Waals surface area (Å²) in [6, 6.07) is 9.06. The molecule has 0 atom stereocenters. The van der Waals surface area contributed by atoms with Crippen molar-refractivity contribution in [1.82, 2.24) is 4.98 Å². The van der Waals surface area contributed by atoms with Gasteiger partial charge in [-0.15, -0.1) is 0 Å². The number of hydrogen-bond donors (Lipinski definition) is 0. The maximum absolute atomic E-state index is 14.1. The first-order valence-corrected chi connectivity index (χ1v) is 9.14. The molecule has 1 aliphatic carbocycles. The fourth-order valence-electron chi connectivity index (χ4n) is 3.39. The molecule has 1 heterocycles. The van der Waals surface area contributed by atoms with Crippen LogP contribution in [0.5, 0.6) is 11.6 Å². The Hall–Kier alpha value is -2.23. The Labute approximate surface area is 148 Å². The largest absolute Gasteiger partial charge is 0.436 e. The van der Waals surface area contributed by atoms with E-state index in [4.69, 9.17) is 4.74 Å². The highest BCUT2D eigenvalue weighted by Crippen LogP contribution is 2.33. The Morgan fingerprint density at radius 2 is 1.84 bits per heavy atom. The lowest BCUT2D eigenvalue weighted by atomic mass is 9.92. The van der Waals surface area contributed by atoms with Crippen molar-refractivity contribution in [3.05, 3.63) is 53.5 Å². The molecule has 0 saturated heterocycles. The van der Waals surface area contributed by atoms with Crippen molar-refractivity contribution < 1.29 is 13.9 Å². The van der Waals surface area contributed by atoms with E-state index in [0.717, 1.165) is 0 Å². The number of nitrogens with zero attached hydrogens (tertiary/aromatic N) is 1. The number of aromatic nitrogens is 1. The lowest BCUT2D eigenvalue weighted by molar-refractivity contribution is 0.0987. The van der Waals surface area contributed by atoms with Crippen LogP contribution in [-0.4, -0.2) is 10.8 Å². The molecule has 1 aromatic heterocycles. The summed E-state index contributed by atoms with van der Waals surface area (Å²) in [5, 5.41) is 0. The third-order valence-corrected chi connectivity index (χ3v) is 4.87. The van der Waals surface area contributed by atoms with Crippen molar-refractivity contribution in [1.29, 1.82) is 0 Å². The third-order valence-electron chi connectivity index (χ3n) is 4.87. The van der Waals surface area contributed by atoms with Crippen LogP contribution in [0.3, 0.4) is 0 Å². The molecule has 132 valence electrons. The van der Waals surface area contributed by atoms with Gasteiger partial charge in [0.25, 0.3) is 5.88 Å². The van der Waals surface area contributed by atoms with Crippen LogP contribution in [0.4, 0.5) is 4.39 Å². The van der Waals surface area contributed by atoms with E-state index < -0.39 is 5.82 Å². The number of Topliss-reactive ketones (excluding diaryl/α,β-unsaturated/α-hetero) is 1. The maximum Gasteiger partial charge on any atom is 0.255 e. The van der Waals surface area contributed by atoms with Crippen molar-refractivity contribution in [3.8, 4) is 11.6 Å². The number of halogens is 1. The average Bonchev–Trinajstić information content (AvgIpc) is 2.93. The molecule has 3 nitrogen and oxygen atoms in total. The van der Waals surface area contributed by atoms with Gasteiger partial charge < -0.3 is 4.74 Å². The van der Waals surface area contributed by atoms with Gasteiger partial charge in [0.15, 0.2) is 11.6 Å². The second-order valence-electron chi connectivity index (χ2n) is 6.65. The Morgan fingerprint density at radius 1 is 1.16 bits per heavy atom. The van der Waals surface area contributed by atoms with E-state index in [1.54, 1.807) is 6.92 Å². The van der Waals surface area contributed by atoms with Gasteiger partial charge in [-0.3, -0.25) is 4.79 Å². The van der Waals surface area contributed by atoms with Crippen LogP contribution in [0.25, 0.3) is 0 Å². The molecule has 0 radical (unpaired) electrons. The van der Waals surface area contributed by atoms with Gasteiger partial charge in [-0.1, -0.05) is 44.7 Å². The smallest absolute Gasteiger partial charge is 0.255 e. The van der Waals surface area contributed by atoms with Crippen LogP contribution in [0.2, 0.25) is 0 Å². The van der Waals surface area contributed by atoms with Crippen LogP contribution >= 0.6 is 0 Å². The van der Waals surface area contributed by atoms with Crippen LogP contribution in [0.15, 0.2) is 36.5 Å². The number of benzene rings is 1. The summed E-state index contributed by atoms with van der Waals surface area (Å²) >= 11 is 0. The first-order valence-electron chi connectivity index (χ1n) is 9.14. The van der Waals surface area contributed by atoms with E-state index in [1.807, 2.05) is 12.1 Å². The highest BCUT2D eigenvalue weighted by molar-refractivity contribution is 5.95. The number of carbonyl (C=O) groups is 1. The quantitative estimate of drug-likeness (QED) is 0.491. The normalized spacial score (nSPS) is 15.6. The minimum absolute atomic E-state index is 0.102. The van der Waals surface area contributed by atoms with Crippen molar-refractivity contribution in [2.24, 2.45) is 0 Å². The fourth-order valence-corrected chi connectivity index (χ4v) is 3.39. The average molecular weight is 341 g/mol. The zero-order valence-electron chi connectivity index (χ0n) is 14.6. The topological polar surface area (TPSA) is 39.2 Å². The van der Waals surface area contributed by atoms with Crippen molar-refractivity contribution in [2.45, 2.75) is 57.8 Å². The lowest BCUT2D eigenvalue weighted by Gasteiger charge is -2.15. The second-order valence-corrected chi connectivity index (χ2v) is 6.65. The minimum atomic E-state index is -0.618. The summed E-state index contributed by atoms with van der Waals surface area (Å²) in [7, 11) is 0. The Balaban J connectivity index is 1.70. The molecule has 0 spiro atoms. The number of carbonyl (C=O) groups excluding carboxylic acids is 1. The van der Waals surface area contributed by atoms with Gasteiger partial charge in [-0.05, 0) is 42.5 Å². The molecule has 2 aromatic rings. The summed E-state index contributed by atoms with van der Waals surface area (Å²) in [6.45, 7) is 1.74. The standard InChI is InChI=1S/C21H24FNO2/c1-2-20(24)17-13-19(22)21(23-14-17)25-18-11-9-16(10-12-18)15-7-5-3-4-6-8-15/h9-15H,2-8H2,1H3. The van der Waals surface area contributed by atoms with E-state index >= 15 is 0 Å². The maximum atomic E-state index is 14.1. The van der Waals surface area contributed by atoms with Crippen LogP contribution < -0.4 is 4.74 Å². The molecule has 1 saturated carbocycles. The van der Waals surface area contributed by atoms with E-state index in [0.29, 0.717) is 18.1 Å². The van der Waals surface area contributed by atoms with E-state index in [-0.39, 0.29) is 17.2 Å². The molecule has 1 aromatic carbocycles. The van der Waals surface area contributed by atoms with Gasteiger partial charge in [0.2, 0.25) is 0 Å². The molecule has 25 heavy (non-hydrogen) atoms. The molecule has 0 amide bonds. The molecular weight excluding hydrogens is 317 g/mol. The number of ketones is 1. The zero-order chi connectivity index (χ0) is 17.6. The third kappa shape index (κ3) is 4.44. The number of hydrogen-bond acceptors (Lipinski definition) is 3. The molecule has 3 rings (SSSR count). The summed E-state index contributed by atoms with van der Waals surface area (Å²) in [5.41, 5.74) is 1.60. The highest BCUT2D eigenvalue weighted by atomic mass is 19.1. The van der Waals surface area contributed by atoms with Gasteiger partial charge in [0, 0.05) is 18.2 Å². The van der Waals surface area contributed by atoms with E-state index in [2.05, 4.69) is 17.1 Å². The highest BCUT2D eigenvalue weighted by Gasteiger charge is 2.15. The SMILES string of the molecule is CCC(=O)c1cnc(Oc2ccc(C3CCCCCC3)cc2)c(F)c1. The van der Waals surface area contributed by atoms with Crippen LogP contribution in [0.1, 0.15) is 73.7 Å². The number of pyridine rings is 1. The molecule has 0 N–H and O–H groups in total. The monoisotopic (exact) mass is 341 g/mol. The van der Waals surface area contributed by atoms with Crippen molar-refractivity contribution >= 4 is 5.78 Å². The Morgan fingerprint density at radius 3 is 2.44 bits per heavy atom. The van der Waals surface area contributed by atoms with E-state index in [9.17, 15) is 9.18 Å². The number of ether oxygens (including phenoxy) is 1. The first-order chi connectivity index (χ1) is 12.2. The zero-order valence-corrected chi connectivity index (χ0v) is 14.6. The summed E-state index contributed by atoms with van der Waals surface area (Å²) in [6.07, 6.45) is 9.42. The van der Waals surface area contributed by atoms with Gasteiger partial charge >= 0.3 is 0 Å². The molecule has 1 aliphatic rings. The van der Waals surface area contributed by atoms with Crippen LogP contribution in [-0.2, 0) is 0 Å². The predicted octanol–water partition coefficient (Wildman–Crippen LogP) is 6.04. The molecule has 0 bridgehead atoms. The molecular formula is C21H24FNO2. The van der Waals surface area contributed by atoms with Gasteiger partial charge in [-0.25, -0.2) is 9.37 Å².